The Morgan fingerprint density at radius 3 is 2.88 bits per heavy atom. The molecule has 4 heteroatoms. The molecule has 0 radical (unpaired) electrons. The van der Waals surface area contributed by atoms with E-state index in [0.29, 0.717) is 13.2 Å². The first-order chi connectivity index (χ1) is 7.77. The molecule has 1 aliphatic carbocycles. The molecule has 1 N–H and O–H groups in total. The molecule has 0 spiro atoms. The molecule has 1 aromatic carbocycles. The molecule has 0 amide bonds. The summed E-state index contributed by atoms with van der Waals surface area (Å²) in [5, 5.41) is 9.93. The number of aromatic hydroxyl groups is 1. The van der Waals surface area contributed by atoms with Crippen LogP contribution in [0.1, 0.15) is 29.5 Å². The summed E-state index contributed by atoms with van der Waals surface area (Å²) in [5.74, 6) is 0.209. The van der Waals surface area contributed by atoms with Crippen LogP contribution < -0.4 is 0 Å². The van der Waals surface area contributed by atoms with Crippen LogP contribution in [0.25, 0.3) is 0 Å². The van der Waals surface area contributed by atoms with Crippen molar-refractivity contribution in [3.05, 3.63) is 28.8 Å². The molecular formula is C12H11NO3. The summed E-state index contributed by atoms with van der Waals surface area (Å²) in [7, 11) is 0. The van der Waals surface area contributed by atoms with Crippen molar-refractivity contribution in [1.29, 1.82) is 0 Å². The van der Waals surface area contributed by atoms with Crippen LogP contribution in [-0.2, 0) is 28.3 Å². The molecule has 1 saturated carbocycles. The van der Waals surface area contributed by atoms with Gasteiger partial charge in [0.15, 0.2) is 0 Å². The van der Waals surface area contributed by atoms with Crippen molar-refractivity contribution in [2.45, 2.75) is 31.6 Å². The van der Waals surface area contributed by atoms with E-state index >= 15 is 0 Å². The van der Waals surface area contributed by atoms with Crippen LogP contribution in [0.15, 0.2) is 17.1 Å². The normalized spacial score (nSPS) is 20.0. The Balaban J connectivity index is 2.20. The molecule has 0 aromatic heterocycles. The van der Waals surface area contributed by atoms with Crippen molar-refractivity contribution in [2.24, 2.45) is 4.99 Å². The molecule has 2 aliphatic rings. The second-order valence-electron chi connectivity index (χ2n) is 4.32. The van der Waals surface area contributed by atoms with Gasteiger partial charge in [0.05, 0.1) is 13.2 Å². The zero-order valence-electron chi connectivity index (χ0n) is 8.69. The van der Waals surface area contributed by atoms with Crippen LogP contribution in [0.4, 0.5) is 0 Å². The van der Waals surface area contributed by atoms with E-state index in [-0.39, 0.29) is 5.75 Å². The topological polar surface area (TPSA) is 58.9 Å². The molecule has 0 unspecified atom stereocenters. The third kappa shape index (κ3) is 1.21. The van der Waals surface area contributed by atoms with Gasteiger partial charge in [-0.3, -0.25) is 0 Å². The highest BCUT2D eigenvalue weighted by atomic mass is 16.5. The van der Waals surface area contributed by atoms with Gasteiger partial charge in [-0.2, -0.15) is 4.99 Å². The molecule has 1 aromatic rings. The lowest BCUT2D eigenvalue weighted by Crippen LogP contribution is -2.07. The molecule has 0 bridgehead atoms. The Labute approximate surface area is 92.6 Å². The number of aliphatic imine (C=N–C) groups is 1. The third-order valence-electron chi connectivity index (χ3n) is 3.34. The van der Waals surface area contributed by atoms with Crippen molar-refractivity contribution < 1.29 is 14.6 Å². The molecule has 1 heterocycles. The van der Waals surface area contributed by atoms with Gasteiger partial charge in [0.25, 0.3) is 0 Å². The van der Waals surface area contributed by atoms with E-state index < -0.39 is 5.54 Å². The van der Waals surface area contributed by atoms with E-state index in [4.69, 9.17) is 4.74 Å². The van der Waals surface area contributed by atoms with Crippen molar-refractivity contribution in [2.75, 3.05) is 0 Å². The summed E-state index contributed by atoms with van der Waals surface area (Å²) in [6.07, 6.45) is 3.21. The molecule has 1 fully saturated rings. The minimum absolute atomic E-state index is 0.209. The smallest absolute Gasteiger partial charge is 0.235 e. The average Bonchev–Trinajstić information content (AvgIpc) is 2.89. The van der Waals surface area contributed by atoms with Crippen molar-refractivity contribution in [3.63, 3.8) is 0 Å². The number of hydrogen-bond donors (Lipinski definition) is 1. The highest BCUT2D eigenvalue weighted by Gasteiger charge is 2.48. The maximum absolute atomic E-state index is 10.4. The lowest BCUT2D eigenvalue weighted by atomic mass is 9.95. The standard InChI is InChI=1S/C12H11NO3/c14-7-13-12(3-4-12)11-9-6-16-5-8(9)1-2-10(11)15/h1-2,15H,3-6H2. The number of ether oxygens (including phenoxy) is 1. The van der Waals surface area contributed by atoms with E-state index in [2.05, 4.69) is 4.99 Å². The molecule has 0 saturated heterocycles. The minimum atomic E-state index is -0.523. The molecule has 3 rings (SSSR count). The molecule has 82 valence electrons. The number of fused-ring (bicyclic) bond motifs is 1. The average molecular weight is 217 g/mol. The fraction of sp³-hybridized carbons (Fsp3) is 0.417. The third-order valence-corrected chi connectivity index (χ3v) is 3.34. The zero-order valence-corrected chi connectivity index (χ0v) is 8.69. The van der Waals surface area contributed by atoms with Gasteiger partial charge in [-0.25, -0.2) is 4.79 Å². The molecule has 16 heavy (non-hydrogen) atoms. The van der Waals surface area contributed by atoms with Gasteiger partial charge in [0, 0.05) is 5.56 Å². The zero-order chi connectivity index (χ0) is 11.2. The number of phenols is 1. The summed E-state index contributed by atoms with van der Waals surface area (Å²) in [4.78, 5) is 14.3. The lowest BCUT2D eigenvalue weighted by Gasteiger charge is -2.14. The SMILES string of the molecule is O=C=NC1(c2c(O)ccc3c2COC3)CC1. The highest BCUT2D eigenvalue weighted by Crippen LogP contribution is 2.54. The quantitative estimate of drug-likeness (QED) is 0.606. The summed E-state index contributed by atoms with van der Waals surface area (Å²) < 4.78 is 5.36. The monoisotopic (exact) mass is 217 g/mol. The van der Waals surface area contributed by atoms with Crippen LogP contribution >= 0.6 is 0 Å². The van der Waals surface area contributed by atoms with Crippen molar-refractivity contribution in [3.8, 4) is 5.75 Å². The van der Waals surface area contributed by atoms with Crippen LogP contribution in [0.2, 0.25) is 0 Å². The fourth-order valence-electron chi connectivity index (χ4n) is 2.38. The first-order valence-corrected chi connectivity index (χ1v) is 5.28. The number of hydrogen-bond acceptors (Lipinski definition) is 4. The molecular weight excluding hydrogens is 206 g/mol. The number of phenolic OH excluding ortho intramolecular Hbond substituents is 1. The van der Waals surface area contributed by atoms with Gasteiger partial charge in [-0.05, 0) is 30.0 Å². The van der Waals surface area contributed by atoms with E-state index in [1.165, 1.54) is 0 Å². The van der Waals surface area contributed by atoms with Gasteiger partial charge in [0.1, 0.15) is 11.3 Å². The number of carbonyl (C=O) groups excluding carboxylic acids is 1. The van der Waals surface area contributed by atoms with E-state index in [1.54, 1.807) is 12.1 Å². The van der Waals surface area contributed by atoms with Crippen LogP contribution in [0, 0.1) is 0 Å². The van der Waals surface area contributed by atoms with Gasteiger partial charge >= 0.3 is 0 Å². The van der Waals surface area contributed by atoms with E-state index in [1.807, 2.05) is 6.07 Å². The van der Waals surface area contributed by atoms with Gasteiger partial charge < -0.3 is 9.84 Å². The number of rotatable bonds is 2. The summed E-state index contributed by atoms with van der Waals surface area (Å²) in [6.45, 7) is 1.07. The molecule has 0 atom stereocenters. The second kappa shape index (κ2) is 3.17. The number of benzene rings is 1. The second-order valence-corrected chi connectivity index (χ2v) is 4.32. The summed E-state index contributed by atoms with van der Waals surface area (Å²) in [5.41, 5.74) is 2.33. The number of nitrogens with zero attached hydrogens (tertiary/aromatic N) is 1. The lowest BCUT2D eigenvalue weighted by molar-refractivity contribution is 0.134. The van der Waals surface area contributed by atoms with Gasteiger partial charge in [-0.15, -0.1) is 0 Å². The van der Waals surface area contributed by atoms with E-state index in [9.17, 15) is 9.90 Å². The van der Waals surface area contributed by atoms with Crippen LogP contribution in [-0.4, -0.2) is 11.2 Å². The van der Waals surface area contributed by atoms with Crippen molar-refractivity contribution in [1.82, 2.24) is 0 Å². The summed E-state index contributed by atoms with van der Waals surface area (Å²) >= 11 is 0. The minimum Gasteiger partial charge on any atom is -0.508 e. The fourth-order valence-corrected chi connectivity index (χ4v) is 2.38. The summed E-state index contributed by atoms with van der Waals surface area (Å²) in [6, 6.07) is 3.52. The predicted molar refractivity (Wildman–Crippen MR) is 55.6 cm³/mol. The Kier molecular flexibility index (Phi) is 1.90. The van der Waals surface area contributed by atoms with Crippen molar-refractivity contribution >= 4 is 6.08 Å². The Bertz CT molecular complexity index is 499. The van der Waals surface area contributed by atoms with E-state index in [0.717, 1.165) is 29.5 Å². The van der Waals surface area contributed by atoms with Gasteiger partial charge in [0.2, 0.25) is 6.08 Å². The maximum atomic E-state index is 10.4. The predicted octanol–water partition coefficient (Wildman–Crippen LogP) is 1.75. The number of isocyanates is 1. The van der Waals surface area contributed by atoms with Crippen LogP contribution in [0.5, 0.6) is 5.75 Å². The molecule has 4 nitrogen and oxygen atoms in total. The Morgan fingerprint density at radius 2 is 2.19 bits per heavy atom. The largest absolute Gasteiger partial charge is 0.508 e. The highest BCUT2D eigenvalue weighted by molar-refractivity contribution is 5.53. The van der Waals surface area contributed by atoms with Crippen LogP contribution in [0.3, 0.4) is 0 Å². The first-order valence-electron chi connectivity index (χ1n) is 5.28. The van der Waals surface area contributed by atoms with Gasteiger partial charge in [-0.1, -0.05) is 6.07 Å². The molecule has 1 aliphatic heterocycles. The Morgan fingerprint density at radius 1 is 1.38 bits per heavy atom. The maximum Gasteiger partial charge on any atom is 0.235 e. The Hall–Kier alpha value is -1.64. The first kappa shape index (κ1) is 9.58.